The molecule has 2 aromatic heterocycles. The third-order valence-electron chi connectivity index (χ3n) is 4.76. The summed E-state index contributed by atoms with van der Waals surface area (Å²) < 4.78 is 20.3. The van der Waals surface area contributed by atoms with E-state index in [-0.39, 0.29) is 11.7 Å². The molecule has 0 bridgehead atoms. The summed E-state index contributed by atoms with van der Waals surface area (Å²) in [6.07, 6.45) is 5.21. The Morgan fingerprint density at radius 3 is 2.60 bits per heavy atom. The van der Waals surface area contributed by atoms with Crippen molar-refractivity contribution in [2.45, 2.75) is 13.5 Å². The van der Waals surface area contributed by atoms with Gasteiger partial charge in [-0.1, -0.05) is 23.5 Å². The van der Waals surface area contributed by atoms with E-state index in [4.69, 9.17) is 4.74 Å². The number of fused-ring (bicyclic) bond motifs is 1. The van der Waals surface area contributed by atoms with Crippen LogP contribution in [0.4, 0.5) is 4.39 Å². The molecule has 0 saturated carbocycles. The molecule has 2 heterocycles. The molecule has 0 radical (unpaired) electrons. The van der Waals surface area contributed by atoms with Gasteiger partial charge >= 0.3 is 0 Å². The molecule has 0 unspecified atom stereocenters. The van der Waals surface area contributed by atoms with E-state index in [1.54, 1.807) is 25.3 Å². The lowest BCUT2D eigenvalue weighted by Gasteiger charge is -2.02. The Bertz CT molecular complexity index is 1210. The zero-order chi connectivity index (χ0) is 21.1. The highest BCUT2D eigenvalue weighted by atomic mass is 32.1. The van der Waals surface area contributed by atoms with Crippen molar-refractivity contribution < 1.29 is 13.9 Å². The van der Waals surface area contributed by atoms with Crippen molar-refractivity contribution in [3.05, 3.63) is 82.8 Å². The first-order valence-electron chi connectivity index (χ1n) is 9.37. The van der Waals surface area contributed by atoms with Crippen molar-refractivity contribution >= 4 is 28.3 Å². The predicted molar refractivity (Wildman–Crippen MR) is 117 cm³/mol. The minimum atomic E-state index is -0.269. The molecule has 0 aliphatic rings. The first kappa shape index (κ1) is 19.8. The monoisotopic (exact) mass is 421 g/mol. The molecule has 0 saturated heterocycles. The van der Waals surface area contributed by atoms with Gasteiger partial charge < -0.3 is 10.1 Å². The number of aromatic nitrogens is 2. The number of rotatable bonds is 6. The highest BCUT2D eigenvalue weighted by Crippen LogP contribution is 2.27. The Labute approximate surface area is 177 Å². The Kier molecular flexibility index (Phi) is 5.63. The number of benzene rings is 2. The number of ether oxygens (including phenoxy) is 1. The van der Waals surface area contributed by atoms with Crippen LogP contribution in [0.1, 0.15) is 16.1 Å². The van der Waals surface area contributed by atoms with Gasteiger partial charge in [-0.15, -0.1) is 0 Å². The highest BCUT2D eigenvalue weighted by molar-refractivity contribution is 7.17. The summed E-state index contributed by atoms with van der Waals surface area (Å²) in [5, 5.41) is 2.91. The molecule has 4 aromatic rings. The van der Waals surface area contributed by atoms with Gasteiger partial charge in [0.2, 0.25) is 5.91 Å². The number of hydrogen-bond donors (Lipinski definition) is 1. The first-order chi connectivity index (χ1) is 14.5. The summed E-state index contributed by atoms with van der Waals surface area (Å²) in [6, 6.07) is 13.8. The lowest BCUT2D eigenvalue weighted by molar-refractivity contribution is -0.116. The van der Waals surface area contributed by atoms with E-state index in [2.05, 4.69) is 10.3 Å². The number of nitrogens with zero attached hydrogens (tertiary/aromatic N) is 2. The number of aryl methyl sites for hydroxylation is 1. The Hall–Kier alpha value is -3.45. The topological polar surface area (TPSA) is 55.6 Å². The normalized spacial score (nSPS) is 11.3. The second-order valence-electron chi connectivity index (χ2n) is 6.72. The van der Waals surface area contributed by atoms with E-state index in [9.17, 15) is 9.18 Å². The number of thiazole rings is 1. The molecular weight excluding hydrogens is 401 g/mol. The SMILES string of the molecule is COc1ccc(/C=C/C(=O)NCc2sc3nc(-c4ccc(F)cc4)cn3c2C)cc1. The van der Waals surface area contributed by atoms with Crippen LogP contribution in [0.25, 0.3) is 22.3 Å². The van der Waals surface area contributed by atoms with Gasteiger partial charge in [-0.05, 0) is 55.0 Å². The molecule has 4 rings (SSSR count). The lowest BCUT2D eigenvalue weighted by atomic mass is 10.2. The van der Waals surface area contributed by atoms with Crippen LogP contribution in [-0.4, -0.2) is 22.4 Å². The van der Waals surface area contributed by atoms with Gasteiger partial charge in [-0.25, -0.2) is 9.37 Å². The van der Waals surface area contributed by atoms with Gasteiger partial charge in [0.15, 0.2) is 4.96 Å². The number of methoxy groups -OCH3 is 1. The van der Waals surface area contributed by atoms with Crippen LogP contribution in [0.5, 0.6) is 5.75 Å². The zero-order valence-corrected chi connectivity index (χ0v) is 17.4. The second kappa shape index (κ2) is 8.51. The molecule has 1 N–H and O–H groups in total. The van der Waals surface area contributed by atoms with E-state index in [1.807, 2.05) is 41.8 Å². The number of halogens is 1. The Morgan fingerprint density at radius 2 is 1.93 bits per heavy atom. The maximum atomic E-state index is 13.1. The molecule has 7 heteroatoms. The van der Waals surface area contributed by atoms with Crippen LogP contribution in [0.15, 0.2) is 60.8 Å². The van der Waals surface area contributed by atoms with E-state index in [0.717, 1.165) is 38.1 Å². The molecular formula is C23H20FN3O2S. The molecule has 152 valence electrons. The summed E-state index contributed by atoms with van der Waals surface area (Å²) in [5.74, 6) is 0.343. The van der Waals surface area contributed by atoms with Crippen LogP contribution in [0.2, 0.25) is 0 Å². The van der Waals surface area contributed by atoms with Gasteiger partial charge in [0, 0.05) is 28.4 Å². The van der Waals surface area contributed by atoms with Gasteiger partial charge in [0.05, 0.1) is 19.3 Å². The van der Waals surface area contributed by atoms with E-state index in [0.29, 0.717) is 6.54 Å². The van der Waals surface area contributed by atoms with Crippen molar-refractivity contribution in [2.75, 3.05) is 7.11 Å². The predicted octanol–water partition coefficient (Wildman–Crippen LogP) is 4.85. The molecule has 0 atom stereocenters. The largest absolute Gasteiger partial charge is 0.497 e. The minimum absolute atomic E-state index is 0.164. The third kappa shape index (κ3) is 4.26. The zero-order valence-electron chi connectivity index (χ0n) is 16.6. The summed E-state index contributed by atoms with van der Waals surface area (Å²) in [6.45, 7) is 2.42. The van der Waals surface area contributed by atoms with Gasteiger partial charge in [0.1, 0.15) is 11.6 Å². The standard InChI is InChI=1S/C23H20FN3O2S/c1-15-21(13-25-22(28)12-5-16-3-10-19(29-2)11-4-16)30-23-26-20(14-27(15)23)17-6-8-18(24)9-7-17/h3-12,14H,13H2,1-2H3,(H,25,28)/b12-5+. The van der Waals surface area contributed by atoms with Crippen LogP contribution in [-0.2, 0) is 11.3 Å². The molecule has 1 amide bonds. The smallest absolute Gasteiger partial charge is 0.244 e. The molecule has 5 nitrogen and oxygen atoms in total. The fraction of sp³-hybridized carbons (Fsp3) is 0.130. The first-order valence-corrected chi connectivity index (χ1v) is 10.2. The number of amides is 1. The van der Waals surface area contributed by atoms with Crippen molar-refractivity contribution in [2.24, 2.45) is 0 Å². The summed E-state index contributed by atoms with van der Waals surface area (Å²) >= 11 is 1.53. The maximum absolute atomic E-state index is 13.1. The number of imidazole rings is 1. The van der Waals surface area contributed by atoms with Crippen LogP contribution in [0, 0.1) is 12.7 Å². The fourth-order valence-electron chi connectivity index (χ4n) is 3.03. The summed E-state index contributed by atoms with van der Waals surface area (Å²) in [4.78, 5) is 18.7. The van der Waals surface area contributed by atoms with Gasteiger partial charge in [-0.3, -0.25) is 9.20 Å². The quantitative estimate of drug-likeness (QED) is 0.453. The number of carbonyl (C=O) groups is 1. The highest BCUT2D eigenvalue weighted by Gasteiger charge is 2.13. The average molecular weight is 421 g/mol. The minimum Gasteiger partial charge on any atom is -0.497 e. The van der Waals surface area contributed by atoms with Gasteiger partial charge in [0.25, 0.3) is 0 Å². The van der Waals surface area contributed by atoms with Gasteiger partial charge in [-0.2, -0.15) is 0 Å². The van der Waals surface area contributed by atoms with Crippen molar-refractivity contribution in [1.82, 2.24) is 14.7 Å². The molecule has 0 fully saturated rings. The maximum Gasteiger partial charge on any atom is 0.244 e. The van der Waals surface area contributed by atoms with Crippen molar-refractivity contribution in [3.8, 4) is 17.0 Å². The number of hydrogen-bond acceptors (Lipinski definition) is 4. The summed E-state index contributed by atoms with van der Waals surface area (Å²) in [5.41, 5.74) is 3.60. The third-order valence-corrected chi connectivity index (χ3v) is 5.92. The summed E-state index contributed by atoms with van der Waals surface area (Å²) in [7, 11) is 1.62. The Balaban J connectivity index is 1.41. The van der Waals surface area contributed by atoms with E-state index in [1.165, 1.54) is 29.5 Å². The second-order valence-corrected chi connectivity index (χ2v) is 7.78. The molecule has 0 aliphatic carbocycles. The molecule has 0 aliphatic heterocycles. The van der Waals surface area contributed by atoms with E-state index >= 15 is 0 Å². The number of nitrogens with one attached hydrogen (secondary N) is 1. The molecule has 2 aromatic carbocycles. The van der Waals surface area contributed by atoms with Crippen molar-refractivity contribution in [3.63, 3.8) is 0 Å². The van der Waals surface area contributed by atoms with Crippen LogP contribution in [0.3, 0.4) is 0 Å². The van der Waals surface area contributed by atoms with Crippen LogP contribution >= 0.6 is 11.3 Å². The lowest BCUT2D eigenvalue weighted by Crippen LogP contribution is -2.20. The molecule has 30 heavy (non-hydrogen) atoms. The van der Waals surface area contributed by atoms with Crippen LogP contribution < -0.4 is 10.1 Å². The average Bonchev–Trinajstić information content (AvgIpc) is 3.31. The molecule has 0 spiro atoms. The van der Waals surface area contributed by atoms with Crippen molar-refractivity contribution in [1.29, 1.82) is 0 Å². The Morgan fingerprint density at radius 1 is 1.20 bits per heavy atom. The van der Waals surface area contributed by atoms with E-state index < -0.39 is 0 Å². The number of carbonyl (C=O) groups excluding carboxylic acids is 1. The fourth-order valence-corrected chi connectivity index (χ4v) is 4.07.